The maximum atomic E-state index is 14.2. The number of carbonyl (C=O) groups excluding carboxylic acids is 1. The van der Waals surface area contributed by atoms with Crippen LogP contribution in [0.5, 0.6) is 0 Å². The van der Waals surface area contributed by atoms with Crippen LogP contribution in [0.1, 0.15) is 6.92 Å². The molecule has 0 aliphatic carbocycles. The van der Waals surface area contributed by atoms with Gasteiger partial charge in [0, 0.05) is 19.2 Å². The van der Waals surface area contributed by atoms with Crippen molar-refractivity contribution in [2.75, 3.05) is 10.6 Å². The minimum absolute atomic E-state index is 0.0544. The van der Waals surface area contributed by atoms with Gasteiger partial charge in [-0.1, -0.05) is 6.07 Å². The van der Waals surface area contributed by atoms with Gasteiger partial charge in [-0.25, -0.2) is 23.9 Å². The monoisotopic (exact) mass is 381 g/mol. The van der Waals surface area contributed by atoms with Crippen LogP contribution in [0.15, 0.2) is 48.8 Å². The lowest BCUT2D eigenvalue weighted by atomic mass is 10.3. The van der Waals surface area contributed by atoms with Crippen LogP contribution < -0.4 is 10.6 Å². The molecule has 2 N–H and O–H groups in total. The van der Waals surface area contributed by atoms with E-state index in [1.165, 1.54) is 29.6 Å². The fourth-order valence-electron chi connectivity index (χ4n) is 2.58. The van der Waals surface area contributed by atoms with Crippen LogP contribution in [-0.2, 0) is 4.79 Å². The molecule has 0 unspecified atom stereocenters. The van der Waals surface area contributed by atoms with E-state index in [-0.39, 0.29) is 34.7 Å². The second kappa shape index (κ2) is 6.99. The number of hydrogen-bond acceptors (Lipinski definition) is 6. The van der Waals surface area contributed by atoms with Crippen molar-refractivity contribution in [2.45, 2.75) is 6.92 Å². The molecule has 1 amide bonds. The van der Waals surface area contributed by atoms with Crippen LogP contribution in [0.2, 0.25) is 0 Å². The molecule has 0 atom stereocenters. The van der Waals surface area contributed by atoms with Crippen molar-refractivity contribution in [1.29, 1.82) is 0 Å². The summed E-state index contributed by atoms with van der Waals surface area (Å²) in [5.74, 6) is -1.02. The number of aromatic nitrogens is 5. The van der Waals surface area contributed by atoms with Crippen LogP contribution >= 0.6 is 0 Å². The second-order valence-corrected chi connectivity index (χ2v) is 5.82. The standard InChI is InChI=1S/C18H13F2N7O/c1-10(28)22-16-8-13(11(19)9-21-16)24-18-14-5-3-7-27(14)26-17(25-18)12-4-2-6-15(20)23-12/h2-9H,1H3,(H2,21,22,24,25,26,28). The zero-order valence-corrected chi connectivity index (χ0v) is 14.5. The summed E-state index contributed by atoms with van der Waals surface area (Å²) < 4.78 is 29.2. The van der Waals surface area contributed by atoms with Crippen molar-refractivity contribution >= 4 is 28.7 Å². The molecule has 0 aromatic carbocycles. The molecular formula is C18H13F2N7O. The topological polar surface area (TPSA) is 97.1 Å². The molecule has 0 aliphatic rings. The second-order valence-electron chi connectivity index (χ2n) is 5.82. The quantitative estimate of drug-likeness (QED) is 0.527. The molecule has 8 nitrogen and oxygen atoms in total. The van der Waals surface area contributed by atoms with Gasteiger partial charge in [0.1, 0.15) is 17.0 Å². The van der Waals surface area contributed by atoms with Crippen molar-refractivity contribution in [2.24, 2.45) is 0 Å². The summed E-state index contributed by atoms with van der Waals surface area (Å²) in [4.78, 5) is 23.2. The van der Waals surface area contributed by atoms with E-state index in [2.05, 4.69) is 30.7 Å². The highest BCUT2D eigenvalue weighted by atomic mass is 19.1. The van der Waals surface area contributed by atoms with Crippen molar-refractivity contribution in [3.05, 3.63) is 60.6 Å². The molecular weight excluding hydrogens is 368 g/mol. The van der Waals surface area contributed by atoms with Gasteiger partial charge >= 0.3 is 0 Å². The number of fused-ring (bicyclic) bond motifs is 1. The summed E-state index contributed by atoms with van der Waals surface area (Å²) in [7, 11) is 0. The molecule has 0 aliphatic heterocycles. The third kappa shape index (κ3) is 3.47. The van der Waals surface area contributed by atoms with Crippen LogP contribution in [0.25, 0.3) is 17.0 Å². The fourth-order valence-corrected chi connectivity index (χ4v) is 2.58. The summed E-state index contributed by atoms with van der Waals surface area (Å²) in [6, 6.07) is 9.10. The van der Waals surface area contributed by atoms with E-state index in [0.717, 1.165) is 6.20 Å². The normalized spacial score (nSPS) is 10.8. The molecule has 0 fully saturated rings. The number of carbonyl (C=O) groups is 1. The molecule has 0 bridgehead atoms. The molecule has 0 spiro atoms. The minimum atomic E-state index is -0.664. The van der Waals surface area contributed by atoms with Crippen LogP contribution in [0.4, 0.5) is 26.1 Å². The summed E-state index contributed by atoms with van der Waals surface area (Å²) >= 11 is 0. The van der Waals surface area contributed by atoms with E-state index in [0.29, 0.717) is 5.52 Å². The summed E-state index contributed by atoms with van der Waals surface area (Å²) in [6.45, 7) is 1.32. The number of hydrogen-bond donors (Lipinski definition) is 2. The van der Waals surface area contributed by atoms with Gasteiger partial charge in [0.2, 0.25) is 17.7 Å². The molecule has 0 radical (unpaired) electrons. The highest BCUT2D eigenvalue weighted by molar-refractivity contribution is 5.88. The largest absolute Gasteiger partial charge is 0.336 e. The zero-order valence-electron chi connectivity index (χ0n) is 14.5. The first-order chi connectivity index (χ1) is 13.5. The predicted octanol–water partition coefficient (Wildman–Crippen LogP) is 3.17. The minimum Gasteiger partial charge on any atom is -0.336 e. The molecule has 0 saturated heterocycles. The van der Waals surface area contributed by atoms with E-state index in [4.69, 9.17) is 0 Å². The lowest BCUT2D eigenvalue weighted by Crippen LogP contribution is -2.09. The maximum Gasteiger partial charge on any atom is 0.222 e. The van der Waals surface area contributed by atoms with Gasteiger partial charge in [-0.3, -0.25) is 4.79 Å². The SMILES string of the molecule is CC(=O)Nc1cc(Nc2nc(-c3cccc(F)n3)nn3cccc23)c(F)cn1. The highest BCUT2D eigenvalue weighted by Gasteiger charge is 2.14. The van der Waals surface area contributed by atoms with Crippen molar-refractivity contribution < 1.29 is 13.6 Å². The van der Waals surface area contributed by atoms with E-state index < -0.39 is 11.8 Å². The smallest absolute Gasteiger partial charge is 0.222 e. The van der Waals surface area contributed by atoms with E-state index >= 15 is 0 Å². The number of rotatable bonds is 4. The average molecular weight is 381 g/mol. The number of pyridine rings is 2. The van der Waals surface area contributed by atoms with Gasteiger partial charge in [-0.2, -0.15) is 4.39 Å². The van der Waals surface area contributed by atoms with E-state index in [9.17, 15) is 13.6 Å². The first kappa shape index (κ1) is 17.5. The highest BCUT2D eigenvalue weighted by Crippen LogP contribution is 2.26. The van der Waals surface area contributed by atoms with E-state index in [1.54, 1.807) is 24.4 Å². The van der Waals surface area contributed by atoms with Gasteiger partial charge in [0.15, 0.2) is 11.6 Å². The Labute approximate surface area is 157 Å². The molecule has 4 rings (SSSR count). The fraction of sp³-hybridized carbons (Fsp3) is 0.0556. The van der Waals surface area contributed by atoms with Gasteiger partial charge in [-0.15, -0.1) is 5.10 Å². The Kier molecular flexibility index (Phi) is 4.36. The third-order valence-corrected chi connectivity index (χ3v) is 3.75. The first-order valence-electron chi connectivity index (χ1n) is 8.18. The van der Waals surface area contributed by atoms with Crippen molar-refractivity contribution in [1.82, 2.24) is 24.6 Å². The zero-order chi connectivity index (χ0) is 19.7. The maximum absolute atomic E-state index is 14.2. The van der Waals surface area contributed by atoms with Gasteiger partial charge < -0.3 is 10.6 Å². The summed E-state index contributed by atoms with van der Waals surface area (Å²) in [5, 5.41) is 9.67. The average Bonchev–Trinajstić information content (AvgIpc) is 3.13. The van der Waals surface area contributed by atoms with Crippen molar-refractivity contribution in [3.63, 3.8) is 0 Å². The number of amides is 1. The van der Waals surface area contributed by atoms with Gasteiger partial charge in [-0.05, 0) is 24.3 Å². The summed E-state index contributed by atoms with van der Waals surface area (Å²) in [6.07, 6.45) is 2.66. The van der Waals surface area contributed by atoms with Gasteiger partial charge in [0.05, 0.1) is 11.9 Å². The van der Waals surface area contributed by atoms with Crippen LogP contribution in [0.3, 0.4) is 0 Å². The molecule has 0 saturated carbocycles. The molecule has 140 valence electrons. The van der Waals surface area contributed by atoms with Crippen LogP contribution in [-0.4, -0.2) is 30.5 Å². The third-order valence-electron chi connectivity index (χ3n) is 3.75. The number of nitrogens with one attached hydrogen (secondary N) is 2. The molecule has 4 aromatic heterocycles. The summed E-state index contributed by atoms with van der Waals surface area (Å²) in [5.41, 5.74) is 0.851. The Balaban J connectivity index is 1.79. The van der Waals surface area contributed by atoms with Crippen molar-refractivity contribution in [3.8, 4) is 11.5 Å². The van der Waals surface area contributed by atoms with E-state index in [1.807, 2.05) is 0 Å². The lowest BCUT2D eigenvalue weighted by molar-refractivity contribution is -0.114. The predicted molar refractivity (Wildman–Crippen MR) is 98.0 cm³/mol. The number of anilines is 3. The Bertz CT molecular complexity index is 1190. The Morgan fingerprint density at radius 3 is 2.79 bits per heavy atom. The van der Waals surface area contributed by atoms with Gasteiger partial charge in [0.25, 0.3) is 0 Å². The molecule has 4 aromatic rings. The number of nitrogens with zero attached hydrogens (tertiary/aromatic N) is 5. The number of halogens is 2. The molecule has 10 heteroatoms. The Morgan fingerprint density at radius 1 is 1.14 bits per heavy atom. The lowest BCUT2D eigenvalue weighted by Gasteiger charge is -2.11. The Morgan fingerprint density at radius 2 is 2.00 bits per heavy atom. The molecule has 4 heterocycles. The first-order valence-corrected chi connectivity index (χ1v) is 8.18. The van der Waals surface area contributed by atoms with Crippen LogP contribution in [0, 0.1) is 11.8 Å². The Hall–Kier alpha value is -3.95. The molecule has 28 heavy (non-hydrogen) atoms.